The minimum Gasteiger partial charge on any atom is -0.489 e. The summed E-state index contributed by atoms with van der Waals surface area (Å²) >= 11 is 2.16. The molecule has 2 aromatic rings. The molecule has 0 saturated carbocycles. The number of nitrogens with zero attached hydrogens (tertiary/aromatic N) is 1. The van der Waals surface area contributed by atoms with E-state index in [0.717, 1.165) is 9.26 Å². The van der Waals surface area contributed by atoms with E-state index in [2.05, 4.69) is 27.6 Å². The van der Waals surface area contributed by atoms with Crippen molar-refractivity contribution >= 4 is 22.6 Å². The zero-order valence-corrected chi connectivity index (χ0v) is 13.0. The van der Waals surface area contributed by atoms with Crippen LogP contribution in [0.25, 0.3) is 0 Å². The summed E-state index contributed by atoms with van der Waals surface area (Å²) in [6.45, 7) is 4.36. The molecule has 4 heteroatoms. The maximum absolute atomic E-state index is 13.6. The van der Waals surface area contributed by atoms with Crippen LogP contribution in [0.3, 0.4) is 0 Å². The third-order valence-corrected chi connectivity index (χ3v) is 3.42. The maximum Gasteiger partial charge on any atom is 0.126 e. The number of rotatable bonds is 4. The molecule has 0 aliphatic heterocycles. The van der Waals surface area contributed by atoms with Crippen LogP contribution in [0.4, 0.5) is 4.39 Å². The Hall–Kier alpha value is -1.17. The maximum atomic E-state index is 13.6. The molecule has 0 N–H and O–H groups in total. The lowest BCUT2D eigenvalue weighted by Crippen LogP contribution is -1.99. The molecule has 0 atom stereocenters. The third kappa shape index (κ3) is 3.89. The highest BCUT2D eigenvalue weighted by molar-refractivity contribution is 14.1. The third-order valence-electron chi connectivity index (χ3n) is 2.78. The molecule has 0 bridgehead atoms. The summed E-state index contributed by atoms with van der Waals surface area (Å²) in [6, 6.07) is 8.78. The second-order valence-electron chi connectivity index (χ2n) is 4.62. The van der Waals surface area contributed by atoms with Crippen molar-refractivity contribution in [2.75, 3.05) is 0 Å². The standard InChI is InChI=1S/C15H15FINO/c1-10(2)13-7-12(4-5-14(13)16)19-9-11-3-6-15(17)18-8-11/h3-8,10H,9H2,1-2H3. The van der Waals surface area contributed by atoms with Gasteiger partial charge in [0.2, 0.25) is 0 Å². The van der Waals surface area contributed by atoms with Crippen molar-refractivity contribution in [1.82, 2.24) is 4.98 Å². The van der Waals surface area contributed by atoms with Gasteiger partial charge in [-0.05, 0) is 58.3 Å². The average Bonchev–Trinajstić information content (AvgIpc) is 2.39. The summed E-state index contributed by atoms with van der Waals surface area (Å²) < 4.78 is 20.2. The first kappa shape index (κ1) is 14.2. The number of halogens is 2. The van der Waals surface area contributed by atoms with E-state index in [1.807, 2.05) is 26.0 Å². The van der Waals surface area contributed by atoms with E-state index in [1.165, 1.54) is 6.07 Å². The molecular formula is C15H15FINO. The molecule has 0 saturated heterocycles. The van der Waals surface area contributed by atoms with Crippen LogP contribution in [0, 0.1) is 9.52 Å². The first-order valence-electron chi connectivity index (χ1n) is 6.09. The molecule has 19 heavy (non-hydrogen) atoms. The molecule has 1 heterocycles. The summed E-state index contributed by atoms with van der Waals surface area (Å²) in [5.41, 5.74) is 1.68. The van der Waals surface area contributed by atoms with Gasteiger partial charge in [0.05, 0.1) is 0 Å². The van der Waals surface area contributed by atoms with Crippen LogP contribution >= 0.6 is 22.6 Å². The van der Waals surface area contributed by atoms with Crippen LogP contribution in [0.1, 0.15) is 30.9 Å². The van der Waals surface area contributed by atoms with E-state index < -0.39 is 0 Å². The lowest BCUT2D eigenvalue weighted by Gasteiger charge is -2.11. The van der Waals surface area contributed by atoms with Crippen LogP contribution in [0.5, 0.6) is 5.75 Å². The Balaban J connectivity index is 2.07. The lowest BCUT2D eigenvalue weighted by molar-refractivity contribution is 0.304. The minimum absolute atomic E-state index is 0.142. The van der Waals surface area contributed by atoms with Gasteiger partial charge in [-0.15, -0.1) is 0 Å². The number of hydrogen-bond donors (Lipinski definition) is 0. The summed E-state index contributed by atoms with van der Waals surface area (Å²) in [5, 5.41) is 0. The highest BCUT2D eigenvalue weighted by Crippen LogP contribution is 2.24. The largest absolute Gasteiger partial charge is 0.489 e. The van der Waals surface area contributed by atoms with Crippen molar-refractivity contribution in [3.05, 3.63) is 57.2 Å². The van der Waals surface area contributed by atoms with Gasteiger partial charge in [0.15, 0.2) is 0 Å². The first-order valence-corrected chi connectivity index (χ1v) is 7.17. The summed E-state index contributed by atoms with van der Waals surface area (Å²) in [4.78, 5) is 4.20. The number of aromatic nitrogens is 1. The van der Waals surface area contributed by atoms with Crippen LogP contribution < -0.4 is 4.74 Å². The monoisotopic (exact) mass is 371 g/mol. The Morgan fingerprint density at radius 1 is 1.26 bits per heavy atom. The Bertz CT molecular complexity index is 555. The number of hydrogen-bond acceptors (Lipinski definition) is 2. The zero-order valence-electron chi connectivity index (χ0n) is 10.9. The smallest absolute Gasteiger partial charge is 0.126 e. The second-order valence-corrected chi connectivity index (χ2v) is 5.72. The van der Waals surface area contributed by atoms with E-state index in [1.54, 1.807) is 18.3 Å². The minimum atomic E-state index is -0.182. The predicted octanol–water partition coefficient (Wildman–Crippen LogP) is 4.53. The van der Waals surface area contributed by atoms with Gasteiger partial charge in [0.1, 0.15) is 21.9 Å². The molecule has 0 aliphatic rings. The van der Waals surface area contributed by atoms with Gasteiger partial charge >= 0.3 is 0 Å². The van der Waals surface area contributed by atoms with Crippen molar-refractivity contribution in [2.24, 2.45) is 0 Å². The molecule has 0 unspecified atom stereocenters. The van der Waals surface area contributed by atoms with Crippen LogP contribution in [-0.4, -0.2) is 4.98 Å². The van der Waals surface area contributed by atoms with Gasteiger partial charge < -0.3 is 4.74 Å². The van der Waals surface area contributed by atoms with Crippen LogP contribution in [0.15, 0.2) is 36.5 Å². The number of ether oxygens (including phenoxy) is 1. The molecule has 0 spiro atoms. The van der Waals surface area contributed by atoms with Gasteiger partial charge in [-0.2, -0.15) is 0 Å². The van der Waals surface area contributed by atoms with Gasteiger partial charge in [-0.25, -0.2) is 9.37 Å². The topological polar surface area (TPSA) is 22.1 Å². The van der Waals surface area contributed by atoms with E-state index in [4.69, 9.17) is 4.74 Å². The molecular weight excluding hydrogens is 356 g/mol. The van der Waals surface area contributed by atoms with Crippen LogP contribution in [0.2, 0.25) is 0 Å². The Morgan fingerprint density at radius 2 is 2.05 bits per heavy atom. The predicted molar refractivity (Wildman–Crippen MR) is 81.8 cm³/mol. The molecule has 1 aromatic carbocycles. The van der Waals surface area contributed by atoms with Gasteiger partial charge in [-0.3, -0.25) is 0 Å². The first-order chi connectivity index (χ1) is 9.06. The summed E-state index contributed by atoms with van der Waals surface area (Å²) in [6.07, 6.45) is 1.79. The molecule has 1 aromatic heterocycles. The fourth-order valence-corrected chi connectivity index (χ4v) is 2.03. The normalized spacial score (nSPS) is 10.8. The van der Waals surface area contributed by atoms with Crippen molar-refractivity contribution in [1.29, 1.82) is 0 Å². The van der Waals surface area contributed by atoms with Crippen molar-refractivity contribution in [3.8, 4) is 5.75 Å². The van der Waals surface area contributed by atoms with E-state index in [9.17, 15) is 4.39 Å². The lowest BCUT2D eigenvalue weighted by atomic mass is 10.0. The Kier molecular flexibility index (Phi) is 4.74. The van der Waals surface area contributed by atoms with Crippen molar-refractivity contribution in [2.45, 2.75) is 26.4 Å². The molecule has 0 amide bonds. The highest BCUT2D eigenvalue weighted by Gasteiger charge is 2.08. The zero-order chi connectivity index (χ0) is 13.8. The second kappa shape index (κ2) is 6.32. The molecule has 0 radical (unpaired) electrons. The number of pyridine rings is 1. The van der Waals surface area contributed by atoms with E-state index in [0.29, 0.717) is 17.9 Å². The highest BCUT2D eigenvalue weighted by atomic mass is 127. The van der Waals surface area contributed by atoms with Gasteiger partial charge in [0, 0.05) is 11.8 Å². The van der Waals surface area contributed by atoms with Gasteiger partial charge in [0.25, 0.3) is 0 Å². The van der Waals surface area contributed by atoms with Crippen LogP contribution in [-0.2, 0) is 6.61 Å². The SMILES string of the molecule is CC(C)c1cc(OCc2ccc(I)nc2)ccc1F. The molecule has 2 nitrogen and oxygen atoms in total. The average molecular weight is 371 g/mol. The fraction of sp³-hybridized carbons (Fsp3) is 0.267. The fourth-order valence-electron chi connectivity index (χ4n) is 1.71. The molecule has 0 fully saturated rings. The summed E-state index contributed by atoms with van der Waals surface area (Å²) in [5.74, 6) is 0.644. The van der Waals surface area contributed by atoms with Gasteiger partial charge in [-0.1, -0.05) is 19.9 Å². The summed E-state index contributed by atoms with van der Waals surface area (Å²) in [7, 11) is 0. The van der Waals surface area contributed by atoms with E-state index in [-0.39, 0.29) is 11.7 Å². The Labute approximate surface area is 126 Å². The molecule has 2 rings (SSSR count). The quantitative estimate of drug-likeness (QED) is 0.582. The van der Waals surface area contributed by atoms with Crippen molar-refractivity contribution in [3.63, 3.8) is 0 Å². The molecule has 0 aliphatic carbocycles. The molecule has 100 valence electrons. The Morgan fingerprint density at radius 3 is 2.68 bits per heavy atom. The van der Waals surface area contributed by atoms with Crippen molar-refractivity contribution < 1.29 is 9.13 Å². The number of benzene rings is 1. The van der Waals surface area contributed by atoms with E-state index >= 15 is 0 Å².